The number of alkyl carbamates (subject to hydrolysis) is 1. The van der Waals surface area contributed by atoms with E-state index in [1.807, 2.05) is 0 Å². The van der Waals surface area contributed by atoms with Gasteiger partial charge in [-0.05, 0) is 42.3 Å². The van der Waals surface area contributed by atoms with Crippen LogP contribution in [0.1, 0.15) is 18.1 Å². The number of benzene rings is 2. The second kappa shape index (κ2) is 14.6. The number of rotatable bonds is 13. The molecule has 2 aromatic carbocycles. The molecule has 1 saturated heterocycles. The zero-order valence-corrected chi connectivity index (χ0v) is 22.6. The minimum Gasteiger partial charge on any atom is -0.445 e. The molecular weight excluding hydrogens is 564 g/mol. The van der Waals surface area contributed by atoms with Crippen LogP contribution >= 0.6 is 11.8 Å². The van der Waals surface area contributed by atoms with Gasteiger partial charge in [0.2, 0.25) is 11.0 Å². The standard InChI is InChI=1S/C25H26N4O11S/c1-16(40-25(33)39-15-18-4-8-20(9-5-18)29(36)37)21-12-27(23(21)31)13-22(30)41-11-10-26-24(32)38-14-17-2-6-19(7-3-17)28(34)35/h2-9,16,21H,10-15H2,1H3,(H,26,32)/t16-,21?/m1/s1. The molecule has 1 N–H and O–H groups in total. The topological polar surface area (TPSA) is 198 Å². The van der Waals surface area contributed by atoms with Crippen LogP contribution in [-0.2, 0) is 37.0 Å². The molecule has 16 heteroatoms. The van der Waals surface area contributed by atoms with Crippen LogP contribution in [0, 0.1) is 26.1 Å². The van der Waals surface area contributed by atoms with Crippen LogP contribution in [0.2, 0.25) is 0 Å². The molecule has 41 heavy (non-hydrogen) atoms. The Hall–Kier alpha value is -4.73. The molecule has 1 fully saturated rings. The monoisotopic (exact) mass is 590 g/mol. The Morgan fingerprint density at radius 1 is 0.976 bits per heavy atom. The average Bonchev–Trinajstić information content (AvgIpc) is 2.95. The third-order valence-electron chi connectivity index (χ3n) is 5.87. The number of nitro benzene ring substituents is 2. The summed E-state index contributed by atoms with van der Waals surface area (Å²) in [6.45, 7) is 1.52. The van der Waals surface area contributed by atoms with Crippen LogP contribution in [0.3, 0.4) is 0 Å². The minimum absolute atomic E-state index is 0.0725. The molecule has 0 aliphatic carbocycles. The molecule has 2 amide bonds. The Bertz CT molecular complexity index is 1290. The Morgan fingerprint density at radius 2 is 1.51 bits per heavy atom. The normalized spacial score (nSPS) is 14.8. The summed E-state index contributed by atoms with van der Waals surface area (Å²) < 4.78 is 15.1. The van der Waals surface area contributed by atoms with Gasteiger partial charge < -0.3 is 24.4 Å². The third-order valence-corrected chi connectivity index (χ3v) is 6.73. The number of hydrogen-bond acceptors (Lipinski definition) is 12. The van der Waals surface area contributed by atoms with Gasteiger partial charge in [-0.15, -0.1) is 0 Å². The average molecular weight is 591 g/mol. The molecule has 1 heterocycles. The van der Waals surface area contributed by atoms with E-state index in [0.717, 1.165) is 11.8 Å². The number of amides is 2. The number of nitrogens with one attached hydrogen (secondary N) is 1. The van der Waals surface area contributed by atoms with E-state index in [0.29, 0.717) is 11.1 Å². The molecular formula is C25H26N4O11S. The highest BCUT2D eigenvalue weighted by molar-refractivity contribution is 8.13. The molecule has 1 aliphatic rings. The van der Waals surface area contributed by atoms with Crippen LogP contribution in [0.25, 0.3) is 0 Å². The number of β-lactam (4-membered cyclic amide) rings is 1. The van der Waals surface area contributed by atoms with Crippen molar-refractivity contribution in [3.63, 3.8) is 0 Å². The first-order valence-electron chi connectivity index (χ1n) is 12.2. The quantitative estimate of drug-likeness (QED) is 0.118. The van der Waals surface area contributed by atoms with Crippen molar-refractivity contribution in [3.8, 4) is 0 Å². The second-order valence-electron chi connectivity index (χ2n) is 8.76. The fourth-order valence-electron chi connectivity index (χ4n) is 3.58. The molecule has 0 saturated carbocycles. The largest absolute Gasteiger partial charge is 0.508 e. The summed E-state index contributed by atoms with van der Waals surface area (Å²) in [6.07, 6.45) is -2.49. The van der Waals surface area contributed by atoms with Gasteiger partial charge in [0.1, 0.15) is 19.3 Å². The number of carbonyl (C=O) groups is 4. The zero-order chi connectivity index (χ0) is 29.9. The summed E-state index contributed by atoms with van der Waals surface area (Å²) in [5, 5.41) is 23.5. The lowest BCUT2D eigenvalue weighted by Crippen LogP contribution is -2.58. The maximum atomic E-state index is 12.4. The predicted octanol–water partition coefficient (Wildman–Crippen LogP) is 3.19. The number of ether oxygens (including phenoxy) is 3. The van der Waals surface area contributed by atoms with Crippen molar-refractivity contribution in [3.05, 3.63) is 79.9 Å². The van der Waals surface area contributed by atoms with Crippen LogP contribution in [0.4, 0.5) is 21.0 Å². The van der Waals surface area contributed by atoms with Gasteiger partial charge in [0.25, 0.3) is 11.4 Å². The van der Waals surface area contributed by atoms with E-state index in [1.165, 1.54) is 60.4 Å². The van der Waals surface area contributed by atoms with Crippen LogP contribution < -0.4 is 5.32 Å². The van der Waals surface area contributed by atoms with Gasteiger partial charge >= 0.3 is 12.2 Å². The fraction of sp³-hybridized carbons (Fsp3) is 0.360. The lowest BCUT2D eigenvalue weighted by molar-refractivity contribution is -0.385. The van der Waals surface area contributed by atoms with E-state index in [2.05, 4.69) is 5.32 Å². The second-order valence-corrected chi connectivity index (χ2v) is 9.91. The first-order chi connectivity index (χ1) is 19.5. The molecule has 218 valence electrons. The first-order valence-corrected chi connectivity index (χ1v) is 13.2. The Balaban J connectivity index is 1.26. The minimum atomic E-state index is -0.993. The number of non-ortho nitro benzene ring substituents is 2. The molecule has 3 rings (SSSR count). The summed E-state index contributed by atoms with van der Waals surface area (Å²) in [4.78, 5) is 69.9. The number of carbonyl (C=O) groups excluding carboxylic acids is 4. The van der Waals surface area contributed by atoms with Gasteiger partial charge in [-0.25, -0.2) is 9.59 Å². The van der Waals surface area contributed by atoms with Gasteiger partial charge in [0.05, 0.1) is 22.3 Å². The van der Waals surface area contributed by atoms with E-state index in [-0.39, 0.29) is 61.0 Å². The summed E-state index contributed by atoms with van der Waals surface area (Å²) in [5.41, 5.74) is 0.935. The van der Waals surface area contributed by atoms with Crippen molar-refractivity contribution in [2.24, 2.45) is 5.92 Å². The summed E-state index contributed by atoms with van der Waals surface area (Å²) in [6, 6.07) is 11.0. The van der Waals surface area contributed by atoms with Crippen LogP contribution in [0.5, 0.6) is 0 Å². The summed E-state index contributed by atoms with van der Waals surface area (Å²) >= 11 is 0.934. The smallest absolute Gasteiger partial charge is 0.445 e. The van der Waals surface area contributed by atoms with Gasteiger partial charge in [-0.1, -0.05) is 11.8 Å². The number of likely N-dealkylation sites (tertiary alicyclic amines) is 1. The number of hydrogen-bond donors (Lipinski definition) is 1. The maximum Gasteiger partial charge on any atom is 0.508 e. The number of nitro groups is 2. The van der Waals surface area contributed by atoms with E-state index in [1.54, 1.807) is 0 Å². The van der Waals surface area contributed by atoms with Crippen molar-refractivity contribution < 1.29 is 43.2 Å². The first kappa shape index (κ1) is 30.8. The van der Waals surface area contributed by atoms with Crippen molar-refractivity contribution in [2.45, 2.75) is 26.2 Å². The van der Waals surface area contributed by atoms with Crippen molar-refractivity contribution in [2.75, 3.05) is 25.4 Å². The molecule has 15 nitrogen and oxygen atoms in total. The highest BCUT2D eigenvalue weighted by atomic mass is 32.2. The third kappa shape index (κ3) is 9.45. The lowest BCUT2D eigenvalue weighted by Gasteiger charge is -2.40. The number of nitrogens with zero attached hydrogens (tertiary/aromatic N) is 3. The van der Waals surface area contributed by atoms with Gasteiger partial charge in [0, 0.05) is 43.1 Å². The van der Waals surface area contributed by atoms with E-state index in [4.69, 9.17) is 14.2 Å². The molecule has 2 aromatic rings. The Kier molecular flexibility index (Phi) is 11.0. The lowest BCUT2D eigenvalue weighted by atomic mass is 9.93. The van der Waals surface area contributed by atoms with E-state index >= 15 is 0 Å². The summed E-state index contributed by atoms with van der Waals surface area (Å²) in [5.74, 6) is -0.716. The fourth-order valence-corrected chi connectivity index (χ4v) is 4.26. The van der Waals surface area contributed by atoms with Crippen LogP contribution in [0.15, 0.2) is 48.5 Å². The highest BCUT2D eigenvalue weighted by Crippen LogP contribution is 2.24. The van der Waals surface area contributed by atoms with Crippen LogP contribution in [-0.4, -0.2) is 69.5 Å². The molecule has 2 atom stereocenters. The SMILES string of the molecule is C[C@@H](OC(=O)OCc1ccc([N+](=O)[O-])cc1)C1CN(CC(=O)SCCNC(=O)OCc2ccc([N+](=O)[O-])cc2)C1=O. The molecule has 1 aliphatic heterocycles. The Morgan fingerprint density at radius 3 is 2.02 bits per heavy atom. The van der Waals surface area contributed by atoms with Gasteiger partial charge in [-0.3, -0.25) is 29.8 Å². The van der Waals surface area contributed by atoms with Crippen molar-refractivity contribution in [1.29, 1.82) is 0 Å². The van der Waals surface area contributed by atoms with E-state index in [9.17, 15) is 39.4 Å². The Labute approximate surface area is 237 Å². The highest BCUT2D eigenvalue weighted by Gasteiger charge is 2.42. The molecule has 0 spiro atoms. The van der Waals surface area contributed by atoms with E-state index < -0.39 is 34.1 Å². The maximum absolute atomic E-state index is 12.4. The predicted molar refractivity (Wildman–Crippen MR) is 143 cm³/mol. The van der Waals surface area contributed by atoms with Crippen molar-refractivity contribution >= 4 is 46.4 Å². The van der Waals surface area contributed by atoms with Gasteiger partial charge in [-0.2, -0.15) is 0 Å². The zero-order valence-electron chi connectivity index (χ0n) is 21.8. The summed E-state index contributed by atoms with van der Waals surface area (Å²) in [7, 11) is 0. The molecule has 1 unspecified atom stereocenters. The van der Waals surface area contributed by atoms with Gasteiger partial charge in [0.15, 0.2) is 0 Å². The molecule has 0 radical (unpaired) electrons. The van der Waals surface area contributed by atoms with Crippen molar-refractivity contribution in [1.82, 2.24) is 10.2 Å². The number of thioether (sulfide) groups is 1. The molecule has 0 bridgehead atoms. The molecule has 0 aromatic heterocycles.